The molecule has 0 aromatic heterocycles. The number of carbonyl (C=O) groups is 1. The molecule has 0 heterocycles. The monoisotopic (exact) mass is 192 g/mol. The maximum Gasteiger partial charge on any atom is 0.243 e. The van der Waals surface area contributed by atoms with Crippen LogP contribution in [0.5, 0.6) is 0 Å². The Kier molecular flexibility index (Phi) is 8.34. The van der Waals surface area contributed by atoms with E-state index in [1.807, 2.05) is 31.2 Å². The molecule has 76 valence electrons. The first-order valence-corrected chi connectivity index (χ1v) is 4.49. The van der Waals surface area contributed by atoms with Crippen molar-refractivity contribution >= 4 is 12.1 Å². The summed E-state index contributed by atoms with van der Waals surface area (Å²) in [5.74, 6) is -0.162. The molecule has 0 fully saturated rings. The number of carbonyl (C=O) groups excluding carboxylic acids is 1. The Labute approximate surface area is 84.9 Å². The Morgan fingerprint density at radius 3 is 2.86 bits per heavy atom. The number of allylic oxidation sites excluding steroid dienone is 4. The number of hydrogen-bond acceptors (Lipinski definition) is 2. The van der Waals surface area contributed by atoms with E-state index in [9.17, 15) is 4.79 Å². The number of rotatable bonds is 6. The van der Waals surface area contributed by atoms with E-state index in [1.165, 1.54) is 6.08 Å². The van der Waals surface area contributed by atoms with Gasteiger partial charge in [-0.2, -0.15) is 0 Å². The predicted molar refractivity (Wildman–Crippen MR) is 60.5 cm³/mol. The fraction of sp³-hybridized carbons (Fsp3) is 0.273. The largest absolute Gasteiger partial charge is 0.351 e. The Hall–Kier alpha value is -1.64. The highest BCUT2D eigenvalue weighted by molar-refractivity contribution is 5.86. The lowest BCUT2D eigenvalue weighted by atomic mass is 10.4. The van der Waals surface area contributed by atoms with E-state index in [2.05, 4.69) is 16.9 Å². The van der Waals surface area contributed by atoms with Gasteiger partial charge >= 0.3 is 0 Å². The minimum Gasteiger partial charge on any atom is -0.351 e. The molecule has 0 atom stereocenters. The molecular weight excluding hydrogens is 176 g/mol. The van der Waals surface area contributed by atoms with Crippen LogP contribution in [-0.2, 0) is 4.79 Å². The van der Waals surface area contributed by atoms with Gasteiger partial charge in [-0.1, -0.05) is 24.8 Å². The Bertz CT molecular complexity index is 252. The third-order valence-electron chi connectivity index (χ3n) is 1.33. The standard InChI is InChI=1S/C11H16N2O/c1-3-5-6-7-8-12-9-10-13-11(14)4-2/h3-8H,2,9-10H2,1H3,(H,13,14)/b5-3-,7-6-,12-8+. The summed E-state index contributed by atoms with van der Waals surface area (Å²) in [6, 6.07) is 0. The second-order valence-electron chi connectivity index (χ2n) is 2.46. The average Bonchev–Trinajstić information content (AvgIpc) is 2.21. The van der Waals surface area contributed by atoms with Gasteiger partial charge in [0, 0.05) is 12.8 Å². The second kappa shape index (κ2) is 9.45. The molecule has 1 amide bonds. The fourth-order valence-electron chi connectivity index (χ4n) is 0.676. The molecule has 1 N–H and O–H groups in total. The fourth-order valence-corrected chi connectivity index (χ4v) is 0.676. The smallest absolute Gasteiger partial charge is 0.243 e. The normalized spacial score (nSPS) is 11.5. The minimum atomic E-state index is -0.162. The van der Waals surface area contributed by atoms with Crippen LogP contribution in [0.4, 0.5) is 0 Å². The van der Waals surface area contributed by atoms with Gasteiger partial charge in [0.05, 0.1) is 6.54 Å². The molecule has 0 bridgehead atoms. The zero-order chi connectivity index (χ0) is 10.6. The van der Waals surface area contributed by atoms with Crippen molar-refractivity contribution in [2.45, 2.75) is 6.92 Å². The Morgan fingerprint density at radius 1 is 1.43 bits per heavy atom. The molecular formula is C11H16N2O. The summed E-state index contributed by atoms with van der Waals surface area (Å²) in [4.78, 5) is 14.7. The lowest BCUT2D eigenvalue weighted by Gasteiger charge is -1.96. The van der Waals surface area contributed by atoms with Crippen LogP contribution in [0.25, 0.3) is 0 Å². The summed E-state index contributed by atoms with van der Waals surface area (Å²) in [5, 5.41) is 2.63. The summed E-state index contributed by atoms with van der Waals surface area (Å²) in [6.07, 6.45) is 10.6. The topological polar surface area (TPSA) is 41.5 Å². The van der Waals surface area contributed by atoms with E-state index in [-0.39, 0.29) is 5.91 Å². The summed E-state index contributed by atoms with van der Waals surface area (Å²) in [7, 11) is 0. The molecule has 0 saturated carbocycles. The van der Waals surface area contributed by atoms with Gasteiger partial charge in [-0.15, -0.1) is 0 Å². The first-order chi connectivity index (χ1) is 6.81. The molecule has 0 aliphatic carbocycles. The van der Waals surface area contributed by atoms with Crippen LogP contribution < -0.4 is 5.32 Å². The van der Waals surface area contributed by atoms with Crippen molar-refractivity contribution in [3.63, 3.8) is 0 Å². The van der Waals surface area contributed by atoms with Gasteiger partial charge < -0.3 is 5.32 Å². The van der Waals surface area contributed by atoms with E-state index in [4.69, 9.17) is 0 Å². The van der Waals surface area contributed by atoms with Crippen molar-refractivity contribution in [2.75, 3.05) is 13.1 Å². The summed E-state index contributed by atoms with van der Waals surface area (Å²) in [5.41, 5.74) is 0. The van der Waals surface area contributed by atoms with Gasteiger partial charge in [0.1, 0.15) is 0 Å². The molecule has 3 heteroatoms. The third-order valence-corrected chi connectivity index (χ3v) is 1.33. The quantitative estimate of drug-likeness (QED) is 0.294. The van der Waals surface area contributed by atoms with Gasteiger partial charge in [0.15, 0.2) is 0 Å². The molecule has 3 nitrogen and oxygen atoms in total. The number of amides is 1. The van der Waals surface area contributed by atoms with Crippen molar-refractivity contribution in [3.05, 3.63) is 37.0 Å². The lowest BCUT2D eigenvalue weighted by molar-refractivity contribution is -0.116. The molecule has 14 heavy (non-hydrogen) atoms. The van der Waals surface area contributed by atoms with E-state index in [1.54, 1.807) is 6.21 Å². The van der Waals surface area contributed by atoms with Crippen LogP contribution in [-0.4, -0.2) is 25.2 Å². The molecule has 0 unspecified atom stereocenters. The average molecular weight is 192 g/mol. The number of nitrogens with one attached hydrogen (secondary N) is 1. The van der Waals surface area contributed by atoms with Crippen LogP contribution in [0.3, 0.4) is 0 Å². The maximum atomic E-state index is 10.7. The molecule has 0 spiro atoms. The van der Waals surface area contributed by atoms with Gasteiger partial charge in [0.2, 0.25) is 5.91 Å². The number of nitrogens with zero attached hydrogens (tertiary/aromatic N) is 1. The van der Waals surface area contributed by atoms with Crippen LogP contribution in [0.1, 0.15) is 6.92 Å². The van der Waals surface area contributed by atoms with Crippen LogP contribution in [0, 0.1) is 0 Å². The van der Waals surface area contributed by atoms with Crippen molar-refractivity contribution in [1.29, 1.82) is 0 Å². The third kappa shape index (κ3) is 8.46. The molecule has 0 aliphatic rings. The van der Waals surface area contributed by atoms with Gasteiger partial charge in [-0.25, -0.2) is 0 Å². The molecule has 0 saturated heterocycles. The molecule has 0 aromatic rings. The van der Waals surface area contributed by atoms with Crippen molar-refractivity contribution < 1.29 is 4.79 Å². The lowest BCUT2D eigenvalue weighted by Crippen LogP contribution is -2.23. The van der Waals surface area contributed by atoms with Crippen LogP contribution in [0.15, 0.2) is 42.0 Å². The van der Waals surface area contributed by atoms with E-state index in [0.717, 1.165) is 0 Å². The maximum absolute atomic E-state index is 10.7. The molecule has 0 radical (unpaired) electrons. The first-order valence-electron chi connectivity index (χ1n) is 4.49. The number of aliphatic imine (C=N–C) groups is 1. The van der Waals surface area contributed by atoms with Gasteiger partial charge in [0.25, 0.3) is 0 Å². The van der Waals surface area contributed by atoms with Crippen LogP contribution >= 0.6 is 0 Å². The van der Waals surface area contributed by atoms with E-state index >= 15 is 0 Å². The Balaban J connectivity index is 3.44. The van der Waals surface area contributed by atoms with Gasteiger partial charge in [-0.3, -0.25) is 9.79 Å². The molecule has 0 aliphatic heterocycles. The van der Waals surface area contributed by atoms with Crippen LogP contribution in [0.2, 0.25) is 0 Å². The number of hydrogen-bond donors (Lipinski definition) is 1. The highest BCUT2D eigenvalue weighted by Gasteiger charge is 1.88. The van der Waals surface area contributed by atoms with Crippen molar-refractivity contribution in [1.82, 2.24) is 5.32 Å². The predicted octanol–water partition coefficient (Wildman–Crippen LogP) is 1.49. The highest BCUT2D eigenvalue weighted by atomic mass is 16.1. The minimum absolute atomic E-state index is 0.162. The van der Waals surface area contributed by atoms with E-state index in [0.29, 0.717) is 13.1 Å². The SMILES string of the molecule is C=CC(=O)NCC/N=C/C=C\C=C/C. The first kappa shape index (κ1) is 12.4. The molecule has 0 rings (SSSR count). The molecule has 0 aromatic carbocycles. The van der Waals surface area contributed by atoms with Crippen molar-refractivity contribution in [2.24, 2.45) is 4.99 Å². The summed E-state index contributed by atoms with van der Waals surface area (Å²) < 4.78 is 0. The zero-order valence-corrected chi connectivity index (χ0v) is 8.44. The second-order valence-corrected chi connectivity index (χ2v) is 2.46. The summed E-state index contributed by atoms with van der Waals surface area (Å²) >= 11 is 0. The van der Waals surface area contributed by atoms with E-state index < -0.39 is 0 Å². The van der Waals surface area contributed by atoms with Crippen molar-refractivity contribution in [3.8, 4) is 0 Å². The summed E-state index contributed by atoms with van der Waals surface area (Å²) in [6.45, 7) is 6.41. The highest BCUT2D eigenvalue weighted by Crippen LogP contribution is 1.74. The van der Waals surface area contributed by atoms with Gasteiger partial charge in [-0.05, 0) is 19.1 Å². The zero-order valence-electron chi connectivity index (χ0n) is 8.44. The Morgan fingerprint density at radius 2 is 2.21 bits per heavy atom.